The Labute approximate surface area is 261 Å². The molecule has 0 bridgehead atoms. The van der Waals surface area contributed by atoms with E-state index < -0.39 is 16.4 Å². The number of nitrogens with zero attached hydrogens (tertiary/aromatic N) is 1. The van der Waals surface area contributed by atoms with Crippen molar-refractivity contribution < 1.29 is 19.5 Å². The van der Waals surface area contributed by atoms with Gasteiger partial charge in [0.05, 0.1) is 6.57 Å². The molecule has 0 heterocycles. The summed E-state index contributed by atoms with van der Waals surface area (Å²) in [6.45, 7) is 23.1. The van der Waals surface area contributed by atoms with Crippen molar-refractivity contribution in [2.45, 2.75) is 99.0 Å². The average molecular weight is 598 g/mol. The van der Waals surface area contributed by atoms with Gasteiger partial charge in [0.25, 0.3) is 0 Å². The van der Waals surface area contributed by atoms with Crippen LogP contribution in [0.5, 0.6) is 5.75 Å². The molecule has 234 valence electrons. The summed E-state index contributed by atoms with van der Waals surface area (Å²) in [5.41, 5.74) is -0.453. The lowest BCUT2D eigenvalue weighted by Gasteiger charge is -2.69. The summed E-state index contributed by atoms with van der Waals surface area (Å²) in [6.07, 6.45) is 9.76. The van der Waals surface area contributed by atoms with Gasteiger partial charge in [0.1, 0.15) is 5.75 Å². The standard InChI is InChI=1S/C37H47N3O4/c1-32(2)15-17-37(40-31(44)39-22-9-11-23(41)12-10-22)18-16-36(7)29(24(37)20-32)26(42)19-28-34(5)21-25(38-8)30(43)33(3,4)27(34)13-14-35(28,36)6/h9-12,19,21,24,27,29,41H,13-18,20H2,1-7H3,(H2,39,40,44)/t24?,27-,29?,34-,35+,36+,37-/m0/s1. The Morgan fingerprint density at radius 1 is 0.955 bits per heavy atom. The van der Waals surface area contributed by atoms with E-state index in [0.717, 1.165) is 50.5 Å². The number of allylic oxidation sites excluding steroid dienone is 4. The highest BCUT2D eigenvalue weighted by atomic mass is 16.3. The maximum atomic E-state index is 14.7. The number of anilines is 1. The van der Waals surface area contributed by atoms with Crippen LogP contribution in [-0.2, 0) is 9.59 Å². The lowest BCUT2D eigenvalue weighted by molar-refractivity contribution is -0.160. The first-order valence-corrected chi connectivity index (χ1v) is 16.2. The molecule has 7 heteroatoms. The Kier molecular flexibility index (Phi) is 6.65. The molecule has 1 aromatic carbocycles. The van der Waals surface area contributed by atoms with E-state index in [2.05, 4.69) is 50.1 Å². The molecule has 2 unspecified atom stereocenters. The molecule has 0 saturated heterocycles. The second-order valence-electron chi connectivity index (χ2n) is 16.5. The molecule has 0 aromatic heterocycles. The van der Waals surface area contributed by atoms with Crippen molar-refractivity contribution in [1.82, 2.24) is 5.32 Å². The number of fused-ring (bicyclic) bond motifs is 7. The highest BCUT2D eigenvalue weighted by molar-refractivity contribution is 6.03. The molecule has 0 aliphatic heterocycles. The van der Waals surface area contributed by atoms with E-state index in [-0.39, 0.29) is 63.0 Å². The fraction of sp³-hybridized carbons (Fsp3) is 0.622. The van der Waals surface area contributed by atoms with E-state index in [1.54, 1.807) is 24.3 Å². The van der Waals surface area contributed by atoms with Gasteiger partial charge < -0.3 is 20.5 Å². The number of benzene rings is 1. The molecule has 1 aromatic rings. The van der Waals surface area contributed by atoms with Crippen molar-refractivity contribution in [2.75, 3.05) is 5.32 Å². The molecular weight excluding hydrogens is 550 g/mol. The van der Waals surface area contributed by atoms with E-state index in [4.69, 9.17) is 6.57 Å². The molecular formula is C37H47N3O4. The fourth-order valence-corrected chi connectivity index (χ4v) is 10.8. The number of Topliss-reactive ketones (excluding diaryl/α,β-unsaturated/α-hetero) is 1. The van der Waals surface area contributed by atoms with Crippen LogP contribution in [0.2, 0.25) is 0 Å². The number of urea groups is 1. The van der Waals surface area contributed by atoms with Crippen molar-refractivity contribution in [3.63, 3.8) is 0 Å². The Morgan fingerprint density at radius 3 is 2.27 bits per heavy atom. The minimum atomic E-state index is -0.684. The molecule has 6 rings (SSSR count). The van der Waals surface area contributed by atoms with Crippen molar-refractivity contribution in [1.29, 1.82) is 0 Å². The molecule has 5 aliphatic rings. The number of rotatable bonds is 2. The number of phenols is 1. The van der Waals surface area contributed by atoms with Crippen molar-refractivity contribution in [3.8, 4) is 5.75 Å². The first-order valence-electron chi connectivity index (χ1n) is 16.2. The first kappa shape index (κ1) is 30.6. The Morgan fingerprint density at radius 2 is 1.61 bits per heavy atom. The van der Waals surface area contributed by atoms with Crippen molar-refractivity contribution in [3.05, 3.63) is 59.1 Å². The summed E-state index contributed by atoms with van der Waals surface area (Å²) < 4.78 is 0. The third-order valence-electron chi connectivity index (χ3n) is 13.3. The van der Waals surface area contributed by atoms with E-state index in [1.807, 2.05) is 26.0 Å². The maximum Gasteiger partial charge on any atom is 0.319 e. The van der Waals surface area contributed by atoms with E-state index >= 15 is 0 Å². The van der Waals surface area contributed by atoms with Crippen LogP contribution in [0.3, 0.4) is 0 Å². The Hall–Kier alpha value is -3.40. The zero-order chi connectivity index (χ0) is 32.1. The zero-order valence-electron chi connectivity index (χ0n) is 27.3. The van der Waals surface area contributed by atoms with Gasteiger partial charge in [-0.1, -0.05) is 60.1 Å². The minimum absolute atomic E-state index is 0.0156. The molecule has 3 N–H and O–H groups in total. The van der Waals surface area contributed by atoms with Crippen LogP contribution in [0.25, 0.3) is 4.85 Å². The second-order valence-corrected chi connectivity index (χ2v) is 16.5. The van der Waals surface area contributed by atoms with Crippen LogP contribution >= 0.6 is 0 Å². The summed E-state index contributed by atoms with van der Waals surface area (Å²) in [5.74, 6) is -0.0831. The Bertz CT molecular complexity index is 1550. The van der Waals surface area contributed by atoms with Crippen LogP contribution in [0.15, 0.2) is 47.7 Å². The SMILES string of the molecule is [C-]#[N+]C1=C[C@]2(C)C3=CC(=O)C4C5CC(C)(C)CC[C@]5(NC(=O)Nc5ccc(O)cc5)CC[C@@]4(C)[C@]3(C)CC[C@H]2C(C)(C)C1=O. The number of amides is 2. The van der Waals surface area contributed by atoms with Gasteiger partial charge in [-0.25, -0.2) is 9.64 Å². The van der Waals surface area contributed by atoms with Crippen LogP contribution in [0.1, 0.15) is 93.4 Å². The highest BCUT2D eigenvalue weighted by Gasteiger charge is 2.70. The van der Waals surface area contributed by atoms with E-state index in [1.165, 1.54) is 0 Å². The van der Waals surface area contributed by atoms with Crippen LogP contribution in [-0.4, -0.2) is 28.2 Å². The van der Waals surface area contributed by atoms with Gasteiger partial charge in [-0.3, -0.25) is 4.79 Å². The summed E-state index contributed by atoms with van der Waals surface area (Å²) in [4.78, 5) is 45.2. The van der Waals surface area contributed by atoms with Crippen LogP contribution < -0.4 is 10.6 Å². The van der Waals surface area contributed by atoms with E-state index in [9.17, 15) is 19.5 Å². The van der Waals surface area contributed by atoms with Crippen molar-refractivity contribution >= 4 is 23.3 Å². The number of carbonyl (C=O) groups is 3. The van der Waals surface area contributed by atoms with Gasteiger partial charge in [-0.05, 0) is 103 Å². The summed E-state index contributed by atoms with van der Waals surface area (Å²) in [7, 11) is 0. The third kappa shape index (κ3) is 4.16. The first-order chi connectivity index (χ1) is 20.4. The third-order valence-corrected chi connectivity index (χ3v) is 13.3. The topological polar surface area (TPSA) is 99.9 Å². The smallest absolute Gasteiger partial charge is 0.319 e. The lowest BCUT2D eigenvalue weighted by Crippen LogP contribution is -2.70. The summed E-state index contributed by atoms with van der Waals surface area (Å²) >= 11 is 0. The van der Waals surface area contributed by atoms with Gasteiger partial charge in [-0.15, -0.1) is 0 Å². The zero-order valence-corrected chi connectivity index (χ0v) is 27.3. The molecule has 3 fully saturated rings. The predicted octanol–water partition coefficient (Wildman–Crippen LogP) is 7.84. The molecule has 7 nitrogen and oxygen atoms in total. The Balaban J connectivity index is 1.42. The molecule has 2 amide bonds. The lowest BCUT2D eigenvalue weighted by atomic mass is 9.35. The normalized spacial score (nSPS) is 40.1. The van der Waals surface area contributed by atoms with Crippen LogP contribution in [0, 0.1) is 51.4 Å². The van der Waals surface area contributed by atoms with Gasteiger partial charge in [0, 0.05) is 28.0 Å². The minimum Gasteiger partial charge on any atom is -0.508 e. The largest absolute Gasteiger partial charge is 0.508 e. The predicted molar refractivity (Wildman–Crippen MR) is 170 cm³/mol. The number of hydrogen-bond donors (Lipinski definition) is 3. The molecule has 0 spiro atoms. The quantitative estimate of drug-likeness (QED) is 0.239. The number of aromatic hydroxyl groups is 1. The number of phenolic OH excluding ortho intramolecular Hbond substituents is 1. The average Bonchev–Trinajstić information content (AvgIpc) is 2.94. The maximum absolute atomic E-state index is 14.7. The molecule has 0 radical (unpaired) electrons. The summed E-state index contributed by atoms with van der Waals surface area (Å²) in [5, 5.41) is 16.0. The van der Waals surface area contributed by atoms with E-state index in [0.29, 0.717) is 5.69 Å². The van der Waals surface area contributed by atoms with Gasteiger partial charge in [0.2, 0.25) is 5.70 Å². The van der Waals surface area contributed by atoms with Gasteiger partial charge in [-0.2, -0.15) is 0 Å². The second kappa shape index (κ2) is 9.55. The molecule has 3 saturated carbocycles. The molecule has 7 atom stereocenters. The van der Waals surface area contributed by atoms with Gasteiger partial charge in [0.15, 0.2) is 11.6 Å². The van der Waals surface area contributed by atoms with Gasteiger partial charge >= 0.3 is 6.03 Å². The number of hydrogen-bond acceptors (Lipinski definition) is 4. The number of nitrogens with one attached hydrogen (secondary N) is 2. The monoisotopic (exact) mass is 597 g/mol. The van der Waals surface area contributed by atoms with Crippen LogP contribution in [0.4, 0.5) is 10.5 Å². The fourth-order valence-electron chi connectivity index (χ4n) is 10.8. The number of carbonyl (C=O) groups excluding carboxylic acids is 3. The molecule has 44 heavy (non-hydrogen) atoms. The highest BCUT2D eigenvalue weighted by Crippen LogP contribution is 2.73. The number of ketones is 2. The van der Waals surface area contributed by atoms with Crippen molar-refractivity contribution in [2.24, 2.45) is 44.8 Å². The molecule has 5 aliphatic carbocycles. The summed E-state index contributed by atoms with van der Waals surface area (Å²) in [6, 6.07) is 6.16.